The zero-order valence-corrected chi connectivity index (χ0v) is 10.7. The van der Waals surface area contributed by atoms with Gasteiger partial charge in [-0.3, -0.25) is 9.78 Å². The molecule has 19 heavy (non-hydrogen) atoms. The first kappa shape index (κ1) is 13.4. The van der Waals surface area contributed by atoms with Gasteiger partial charge in [0, 0.05) is 13.2 Å². The number of nitrogens with two attached hydrogens (primary N) is 1. The summed E-state index contributed by atoms with van der Waals surface area (Å²) in [5, 5.41) is 0. The number of aromatic amines is 1. The molecule has 0 fully saturated rings. The Morgan fingerprint density at radius 1 is 1.32 bits per heavy atom. The van der Waals surface area contributed by atoms with Crippen LogP contribution < -0.4 is 11.3 Å². The number of hydrogen-bond donors (Lipinski definition) is 2. The number of nitrogen functional groups attached to an aromatic ring is 1. The van der Waals surface area contributed by atoms with Gasteiger partial charge >= 0.3 is 0 Å². The number of nitrogens with zero attached hydrogens (tertiary/aromatic N) is 3. The Labute approximate surface area is 109 Å². The zero-order valence-electron chi connectivity index (χ0n) is 10.7. The van der Waals surface area contributed by atoms with Crippen molar-refractivity contribution >= 4 is 17.1 Å². The van der Waals surface area contributed by atoms with Crippen molar-refractivity contribution in [2.75, 3.05) is 18.9 Å². The van der Waals surface area contributed by atoms with Crippen molar-refractivity contribution < 1.29 is 9.47 Å². The number of rotatable bonds is 5. The standard InChI is InChI=1S/C11H15N5O3/c1-3-18-10(19-4-2)6-5-13-8-7(14-6)9(17)16-11(12)15-8/h5,10H,3-4H2,1-2H3,(H3,12,13,15,16,17). The summed E-state index contributed by atoms with van der Waals surface area (Å²) in [5.41, 5.74) is 5.72. The third-order valence-corrected chi connectivity index (χ3v) is 2.33. The van der Waals surface area contributed by atoms with E-state index >= 15 is 0 Å². The predicted octanol–water partition coefficient (Wildman–Crippen LogP) is 0.367. The Kier molecular flexibility index (Phi) is 4.03. The maximum absolute atomic E-state index is 11.7. The molecule has 0 atom stereocenters. The average molecular weight is 265 g/mol. The molecule has 2 aromatic rings. The van der Waals surface area contributed by atoms with Crippen molar-refractivity contribution in [1.82, 2.24) is 19.9 Å². The number of anilines is 1. The van der Waals surface area contributed by atoms with E-state index in [1.807, 2.05) is 13.8 Å². The van der Waals surface area contributed by atoms with E-state index < -0.39 is 11.8 Å². The molecule has 0 saturated heterocycles. The van der Waals surface area contributed by atoms with Gasteiger partial charge in [0.25, 0.3) is 5.56 Å². The minimum atomic E-state index is -0.649. The number of nitrogens with one attached hydrogen (secondary N) is 1. The van der Waals surface area contributed by atoms with Crippen LogP contribution in [0.25, 0.3) is 11.2 Å². The summed E-state index contributed by atoms with van der Waals surface area (Å²) < 4.78 is 10.8. The summed E-state index contributed by atoms with van der Waals surface area (Å²) in [7, 11) is 0. The Bertz CT molecular complexity index is 621. The fourth-order valence-electron chi connectivity index (χ4n) is 1.58. The van der Waals surface area contributed by atoms with E-state index in [1.54, 1.807) is 0 Å². The highest BCUT2D eigenvalue weighted by Crippen LogP contribution is 2.17. The van der Waals surface area contributed by atoms with Crippen molar-refractivity contribution in [1.29, 1.82) is 0 Å². The van der Waals surface area contributed by atoms with Gasteiger partial charge in [-0.05, 0) is 13.8 Å². The maximum Gasteiger partial charge on any atom is 0.280 e. The van der Waals surface area contributed by atoms with Gasteiger partial charge in [-0.1, -0.05) is 0 Å². The molecule has 0 unspecified atom stereocenters. The summed E-state index contributed by atoms with van der Waals surface area (Å²) in [5.74, 6) is 0.00529. The highest BCUT2D eigenvalue weighted by Gasteiger charge is 2.16. The lowest BCUT2D eigenvalue weighted by molar-refractivity contribution is -0.142. The van der Waals surface area contributed by atoms with E-state index in [4.69, 9.17) is 15.2 Å². The molecular weight excluding hydrogens is 250 g/mol. The second-order valence-corrected chi connectivity index (χ2v) is 3.66. The SMILES string of the molecule is CCOC(OCC)c1cnc2nc(N)[nH]c(=O)c2n1. The van der Waals surface area contributed by atoms with E-state index in [2.05, 4.69) is 19.9 Å². The number of H-pyrrole nitrogens is 1. The molecule has 0 aliphatic carbocycles. The second-order valence-electron chi connectivity index (χ2n) is 3.66. The number of aromatic nitrogens is 4. The molecule has 0 spiro atoms. The van der Waals surface area contributed by atoms with Crippen LogP contribution in [-0.4, -0.2) is 33.1 Å². The Morgan fingerprint density at radius 2 is 2.00 bits per heavy atom. The normalized spacial score (nSPS) is 11.3. The van der Waals surface area contributed by atoms with Crippen molar-refractivity contribution in [3.05, 3.63) is 22.2 Å². The highest BCUT2D eigenvalue weighted by molar-refractivity contribution is 5.69. The lowest BCUT2D eigenvalue weighted by atomic mass is 10.4. The van der Waals surface area contributed by atoms with Gasteiger partial charge in [0.05, 0.1) is 6.20 Å². The molecule has 8 nitrogen and oxygen atoms in total. The minimum absolute atomic E-state index is 0.00529. The van der Waals surface area contributed by atoms with Crippen LogP contribution >= 0.6 is 0 Å². The van der Waals surface area contributed by atoms with E-state index in [9.17, 15) is 4.79 Å². The first-order valence-electron chi connectivity index (χ1n) is 5.91. The smallest absolute Gasteiger partial charge is 0.280 e. The number of fused-ring (bicyclic) bond motifs is 1. The molecular formula is C11H15N5O3. The predicted molar refractivity (Wildman–Crippen MR) is 68.4 cm³/mol. The van der Waals surface area contributed by atoms with Crippen LogP contribution in [0, 0.1) is 0 Å². The molecule has 102 valence electrons. The maximum atomic E-state index is 11.7. The van der Waals surface area contributed by atoms with Crippen LogP contribution in [0.15, 0.2) is 11.0 Å². The molecule has 2 heterocycles. The van der Waals surface area contributed by atoms with Gasteiger partial charge in [0.2, 0.25) is 12.2 Å². The molecule has 0 aromatic carbocycles. The van der Waals surface area contributed by atoms with Crippen molar-refractivity contribution in [3.63, 3.8) is 0 Å². The fourth-order valence-corrected chi connectivity index (χ4v) is 1.58. The molecule has 2 aromatic heterocycles. The first-order chi connectivity index (χ1) is 9.15. The summed E-state index contributed by atoms with van der Waals surface area (Å²) in [6, 6.07) is 0. The molecule has 3 N–H and O–H groups in total. The highest BCUT2D eigenvalue weighted by atomic mass is 16.7. The summed E-state index contributed by atoms with van der Waals surface area (Å²) in [6.07, 6.45) is 0.813. The number of ether oxygens (including phenoxy) is 2. The summed E-state index contributed by atoms with van der Waals surface area (Å²) in [4.78, 5) is 26.2. The summed E-state index contributed by atoms with van der Waals surface area (Å²) in [6.45, 7) is 4.60. The minimum Gasteiger partial charge on any atom is -0.369 e. The van der Waals surface area contributed by atoms with Crippen LogP contribution in [0.5, 0.6) is 0 Å². The van der Waals surface area contributed by atoms with Gasteiger partial charge in [-0.15, -0.1) is 0 Å². The van der Waals surface area contributed by atoms with Crippen molar-refractivity contribution in [3.8, 4) is 0 Å². The Hall–Kier alpha value is -2.06. The third kappa shape index (κ3) is 2.85. The molecule has 2 rings (SSSR count). The molecule has 0 bridgehead atoms. The monoisotopic (exact) mass is 265 g/mol. The van der Waals surface area contributed by atoms with Crippen LogP contribution in [0.4, 0.5) is 5.95 Å². The van der Waals surface area contributed by atoms with E-state index in [0.717, 1.165) is 0 Å². The lowest BCUT2D eigenvalue weighted by Crippen LogP contribution is -2.17. The molecule has 0 radical (unpaired) electrons. The van der Waals surface area contributed by atoms with Gasteiger partial charge in [0.15, 0.2) is 11.2 Å². The van der Waals surface area contributed by atoms with E-state index in [-0.39, 0.29) is 17.1 Å². The Morgan fingerprint density at radius 3 is 2.63 bits per heavy atom. The zero-order chi connectivity index (χ0) is 13.8. The van der Waals surface area contributed by atoms with Gasteiger partial charge < -0.3 is 15.2 Å². The summed E-state index contributed by atoms with van der Waals surface area (Å²) >= 11 is 0. The van der Waals surface area contributed by atoms with Crippen LogP contribution in [0.2, 0.25) is 0 Å². The van der Waals surface area contributed by atoms with Crippen molar-refractivity contribution in [2.24, 2.45) is 0 Å². The fraction of sp³-hybridized carbons (Fsp3) is 0.455. The molecule has 0 saturated carbocycles. The van der Waals surface area contributed by atoms with Crippen LogP contribution in [-0.2, 0) is 9.47 Å². The first-order valence-corrected chi connectivity index (χ1v) is 5.91. The molecule has 0 amide bonds. The topological polar surface area (TPSA) is 116 Å². The quantitative estimate of drug-likeness (QED) is 0.750. The lowest BCUT2D eigenvalue weighted by Gasteiger charge is -2.15. The van der Waals surface area contributed by atoms with Crippen LogP contribution in [0.1, 0.15) is 25.8 Å². The van der Waals surface area contributed by atoms with Crippen molar-refractivity contribution in [2.45, 2.75) is 20.1 Å². The third-order valence-electron chi connectivity index (χ3n) is 2.33. The second kappa shape index (κ2) is 5.72. The average Bonchev–Trinajstić information content (AvgIpc) is 2.38. The van der Waals surface area contributed by atoms with E-state index in [0.29, 0.717) is 18.9 Å². The number of hydrogen-bond acceptors (Lipinski definition) is 7. The molecule has 8 heteroatoms. The Balaban J connectivity index is 2.48. The van der Waals surface area contributed by atoms with Crippen LogP contribution in [0.3, 0.4) is 0 Å². The van der Waals surface area contributed by atoms with Gasteiger partial charge in [-0.25, -0.2) is 9.97 Å². The van der Waals surface area contributed by atoms with E-state index in [1.165, 1.54) is 6.20 Å². The molecule has 0 aliphatic heterocycles. The largest absolute Gasteiger partial charge is 0.369 e. The van der Waals surface area contributed by atoms with Gasteiger partial charge in [-0.2, -0.15) is 4.98 Å². The van der Waals surface area contributed by atoms with Gasteiger partial charge in [0.1, 0.15) is 5.69 Å². The molecule has 0 aliphatic rings.